The number of halogens is 2. The molecule has 3 aromatic rings. The maximum Gasteiger partial charge on any atom is 0.219 e. The predicted molar refractivity (Wildman–Crippen MR) is 167 cm³/mol. The molecule has 4 atom stereocenters. The summed E-state index contributed by atoms with van der Waals surface area (Å²) < 4.78 is 35.6. The maximum atomic E-state index is 15.1. The van der Waals surface area contributed by atoms with Gasteiger partial charge in [-0.3, -0.25) is 9.78 Å². The first-order valence-corrected chi connectivity index (χ1v) is 15.0. The Morgan fingerprint density at radius 2 is 1.98 bits per heavy atom. The molecule has 1 aliphatic heterocycles. The number of aromatic nitrogens is 3. The van der Waals surface area contributed by atoms with Crippen LogP contribution in [-0.4, -0.2) is 63.8 Å². The number of pyridine rings is 1. The van der Waals surface area contributed by atoms with Crippen LogP contribution in [0.4, 0.5) is 20.4 Å². The van der Waals surface area contributed by atoms with E-state index in [-0.39, 0.29) is 41.1 Å². The van der Waals surface area contributed by atoms with Crippen molar-refractivity contribution in [2.24, 2.45) is 11.7 Å². The van der Waals surface area contributed by atoms with Gasteiger partial charge in [-0.15, -0.1) is 0 Å². The molecule has 236 valence electrons. The quantitative estimate of drug-likeness (QED) is 0.255. The third-order valence-corrected chi connectivity index (χ3v) is 9.18. The monoisotopic (exact) mass is 616 g/mol. The van der Waals surface area contributed by atoms with Crippen LogP contribution in [-0.2, 0) is 14.9 Å². The zero-order valence-corrected chi connectivity index (χ0v) is 25.6. The van der Waals surface area contributed by atoms with Crippen LogP contribution < -0.4 is 11.1 Å². The Hall–Kier alpha value is -4.47. The highest BCUT2D eigenvalue weighted by Crippen LogP contribution is 2.40. The number of aromatic amines is 1. The average Bonchev–Trinajstić information content (AvgIpc) is 3.47. The molecular formula is C33H38F2N8O2. The summed E-state index contributed by atoms with van der Waals surface area (Å²) in [6, 6.07) is 6.28. The fourth-order valence-electron chi connectivity index (χ4n) is 6.73. The summed E-state index contributed by atoms with van der Waals surface area (Å²) in [7, 11) is 1.80. The van der Waals surface area contributed by atoms with Crippen LogP contribution in [0.2, 0.25) is 0 Å². The first-order chi connectivity index (χ1) is 21.5. The van der Waals surface area contributed by atoms with Crippen LogP contribution in [0, 0.1) is 34.3 Å². The van der Waals surface area contributed by atoms with Crippen molar-refractivity contribution in [1.82, 2.24) is 19.9 Å². The molecule has 1 aliphatic carbocycles. The molecule has 0 radical (unpaired) electrons. The van der Waals surface area contributed by atoms with Crippen LogP contribution in [0.3, 0.4) is 0 Å². The highest BCUT2D eigenvalue weighted by atomic mass is 19.1. The Kier molecular flexibility index (Phi) is 9.41. The lowest BCUT2D eigenvalue weighted by atomic mass is 9.73. The number of benzene rings is 1. The first kappa shape index (κ1) is 31.9. The summed E-state index contributed by atoms with van der Waals surface area (Å²) in [4.78, 5) is 25.5. The number of amides is 1. The van der Waals surface area contributed by atoms with Crippen molar-refractivity contribution in [3.63, 3.8) is 0 Å². The van der Waals surface area contributed by atoms with Gasteiger partial charge in [0, 0.05) is 45.5 Å². The number of nitriles is 1. The van der Waals surface area contributed by atoms with E-state index in [4.69, 9.17) is 15.9 Å². The highest BCUT2D eigenvalue weighted by Gasteiger charge is 2.38. The van der Waals surface area contributed by atoms with E-state index in [1.807, 2.05) is 6.07 Å². The van der Waals surface area contributed by atoms with Crippen LogP contribution >= 0.6 is 0 Å². The second kappa shape index (κ2) is 13.3. The lowest BCUT2D eigenvalue weighted by molar-refractivity contribution is -0.131. The van der Waals surface area contributed by atoms with E-state index in [1.165, 1.54) is 12.2 Å². The molecule has 1 saturated carbocycles. The fourth-order valence-corrected chi connectivity index (χ4v) is 6.73. The van der Waals surface area contributed by atoms with E-state index in [1.54, 1.807) is 37.5 Å². The fraction of sp³-hybridized carbons (Fsp3) is 0.424. The molecular weight excluding hydrogens is 578 g/mol. The number of hydrogen-bond acceptors (Lipinski definition) is 8. The number of anilines is 2. The van der Waals surface area contributed by atoms with Crippen molar-refractivity contribution < 1.29 is 18.3 Å². The molecule has 45 heavy (non-hydrogen) atoms. The maximum absolute atomic E-state index is 15.1. The normalized spacial score (nSPS) is 23.0. The number of H-pyrrole nitrogens is 1. The van der Waals surface area contributed by atoms with Gasteiger partial charge in [-0.2, -0.15) is 5.26 Å². The van der Waals surface area contributed by atoms with Crippen molar-refractivity contribution in [3.05, 3.63) is 76.9 Å². The van der Waals surface area contributed by atoms with Crippen LogP contribution in [0.25, 0.3) is 6.08 Å². The van der Waals surface area contributed by atoms with Gasteiger partial charge in [-0.1, -0.05) is 6.92 Å². The van der Waals surface area contributed by atoms with E-state index < -0.39 is 22.6 Å². The van der Waals surface area contributed by atoms with Crippen molar-refractivity contribution in [1.29, 1.82) is 10.7 Å². The van der Waals surface area contributed by atoms with E-state index in [9.17, 15) is 10.1 Å². The Labute approximate surface area is 261 Å². The zero-order chi connectivity index (χ0) is 32.3. The van der Waals surface area contributed by atoms with E-state index >= 15 is 8.78 Å². The number of nitrogens with two attached hydrogens (primary N) is 1. The number of nitrogens with zero attached hydrogens (tertiary/aromatic N) is 4. The average molecular weight is 617 g/mol. The van der Waals surface area contributed by atoms with Crippen molar-refractivity contribution in [3.8, 4) is 6.07 Å². The summed E-state index contributed by atoms with van der Waals surface area (Å²) in [5.74, 6) is -1.02. The molecule has 0 unspecified atom stereocenters. The van der Waals surface area contributed by atoms with Gasteiger partial charge in [0.25, 0.3) is 0 Å². The van der Waals surface area contributed by atoms with Crippen molar-refractivity contribution >= 4 is 29.3 Å². The molecule has 12 heteroatoms. The number of nitrogens with one attached hydrogen (secondary N) is 3. The molecule has 0 bridgehead atoms. The standard InChI is InChI=1S/C33H38F2N8O2/c1-19-12-21(13-28(38)31(19)43(3)20(2)44)24-6-9-39-17-29(24)42-32-40-16-23(41-32)4-5-27(37)30-25(34)14-22(15-26(30)35)33(18-36)7-10-45-11-8-33/h4-6,9,14-17,19,21,28,31,37H,7-8,10-13,38H2,1-3H3,(H2,40,41,42)/b5-4-,37-27?/t19-,21+,28+,31-/m0/s1. The third-order valence-electron chi connectivity index (χ3n) is 9.18. The number of carbonyl (C=O) groups excluding carboxylic acids is 1. The number of imidazole rings is 1. The predicted octanol–water partition coefficient (Wildman–Crippen LogP) is 5.17. The lowest BCUT2D eigenvalue weighted by Gasteiger charge is -2.43. The topological polar surface area (TPSA) is 157 Å². The summed E-state index contributed by atoms with van der Waals surface area (Å²) in [5.41, 5.74) is 7.32. The van der Waals surface area contributed by atoms with Gasteiger partial charge in [0.15, 0.2) is 0 Å². The van der Waals surface area contributed by atoms with Crippen molar-refractivity contribution in [2.75, 3.05) is 25.6 Å². The Bertz CT molecular complexity index is 1610. The van der Waals surface area contributed by atoms with Crippen LogP contribution in [0.15, 0.2) is 42.9 Å². The summed E-state index contributed by atoms with van der Waals surface area (Å²) >= 11 is 0. The second-order valence-electron chi connectivity index (χ2n) is 12.1. The van der Waals surface area contributed by atoms with Gasteiger partial charge in [0.2, 0.25) is 11.9 Å². The number of hydrogen-bond donors (Lipinski definition) is 4. The van der Waals surface area contributed by atoms with Gasteiger partial charge in [0.1, 0.15) is 11.6 Å². The van der Waals surface area contributed by atoms with E-state index in [0.717, 1.165) is 29.8 Å². The first-order valence-electron chi connectivity index (χ1n) is 15.0. The highest BCUT2D eigenvalue weighted by molar-refractivity contribution is 6.09. The van der Waals surface area contributed by atoms with Gasteiger partial charge < -0.3 is 31.1 Å². The van der Waals surface area contributed by atoms with E-state index in [0.29, 0.717) is 44.1 Å². The minimum Gasteiger partial charge on any atom is -0.381 e. The molecule has 1 amide bonds. The van der Waals surface area contributed by atoms with Gasteiger partial charge in [-0.05, 0) is 79.0 Å². The zero-order valence-electron chi connectivity index (χ0n) is 25.6. The SMILES string of the molecule is CC(=O)N(C)[C@@H]1[C@H](N)C[C@H](c2ccncc2Nc2ncc(/C=C\C(=N)c3c(F)cc(C4(C#N)CCOCC4)cc3F)[nH]2)C[C@@H]1C. The number of likely N-dealkylation sites (N-methyl/N-ethyl adjacent to an activating group) is 1. The van der Waals surface area contributed by atoms with Crippen LogP contribution in [0.1, 0.15) is 67.8 Å². The lowest BCUT2D eigenvalue weighted by Crippen LogP contribution is -2.54. The largest absolute Gasteiger partial charge is 0.381 e. The summed E-state index contributed by atoms with van der Waals surface area (Å²) in [6.45, 7) is 4.36. The molecule has 2 aromatic heterocycles. The molecule has 5 N–H and O–H groups in total. The van der Waals surface area contributed by atoms with Gasteiger partial charge >= 0.3 is 0 Å². The molecule has 0 spiro atoms. The molecule has 1 saturated heterocycles. The van der Waals surface area contributed by atoms with E-state index in [2.05, 4.69) is 33.3 Å². The molecule has 1 aromatic carbocycles. The summed E-state index contributed by atoms with van der Waals surface area (Å²) in [5, 5.41) is 21.4. The molecule has 10 nitrogen and oxygen atoms in total. The minimum atomic E-state index is -1.01. The van der Waals surface area contributed by atoms with Gasteiger partial charge in [0.05, 0.1) is 46.5 Å². The number of carbonyl (C=O) groups is 1. The molecule has 5 rings (SSSR count). The molecule has 2 aliphatic rings. The van der Waals surface area contributed by atoms with Crippen molar-refractivity contribution in [2.45, 2.75) is 62.9 Å². The number of ether oxygens (including phenoxy) is 1. The second-order valence-corrected chi connectivity index (χ2v) is 12.1. The minimum absolute atomic E-state index is 0.00269. The molecule has 3 heterocycles. The number of allylic oxidation sites excluding steroid dienone is 1. The Morgan fingerprint density at radius 1 is 1.27 bits per heavy atom. The molecule has 2 fully saturated rings. The van der Waals surface area contributed by atoms with Crippen LogP contribution in [0.5, 0.6) is 0 Å². The van der Waals surface area contributed by atoms with Gasteiger partial charge in [-0.25, -0.2) is 13.8 Å². The number of rotatable bonds is 8. The third kappa shape index (κ3) is 6.65. The Morgan fingerprint density at radius 3 is 2.62 bits per heavy atom. The smallest absolute Gasteiger partial charge is 0.219 e. The Balaban J connectivity index is 1.28. The summed E-state index contributed by atoms with van der Waals surface area (Å²) in [6.07, 6.45) is 10.1.